The number of nitrogens with zero attached hydrogens (tertiary/aromatic N) is 3. The second-order valence-corrected chi connectivity index (χ2v) is 6.76. The lowest BCUT2D eigenvalue weighted by atomic mass is 10.2. The molecule has 0 radical (unpaired) electrons. The van der Waals surface area contributed by atoms with Crippen LogP contribution in [0.2, 0.25) is 5.02 Å². The first-order chi connectivity index (χ1) is 11.5. The van der Waals surface area contributed by atoms with Gasteiger partial charge in [0.2, 0.25) is 0 Å². The molecule has 0 fully saturated rings. The summed E-state index contributed by atoms with van der Waals surface area (Å²) < 4.78 is 15.2. The van der Waals surface area contributed by atoms with Crippen LogP contribution < -0.4 is 11.1 Å². The van der Waals surface area contributed by atoms with Crippen molar-refractivity contribution in [2.45, 2.75) is 23.1 Å². The molecule has 1 aromatic carbocycles. The van der Waals surface area contributed by atoms with E-state index < -0.39 is 5.82 Å². The maximum absolute atomic E-state index is 13.4. The topological polar surface area (TPSA) is 68.2 Å². The van der Waals surface area contributed by atoms with Crippen molar-refractivity contribution >= 4 is 34.8 Å². The van der Waals surface area contributed by atoms with Crippen LogP contribution in [0.25, 0.3) is 5.65 Å². The van der Waals surface area contributed by atoms with Gasteiger partial charge in [0, 0.05) is 29.8 Å². The molecule has 0 spiro atoms. The number of aryl methyl sites for hydroxylation is 1. The van der Waals surface area contributed by atoms with Crippen molar-refractivity contribution in [3.63, 3.8) is 0 Å². The van der Waals surface area contributed by atoms with Crippen molar-refractivity contribution in [3.05, 3.63) is 46.5 Å². The summed E-state index contributed by atoms with van der Waals surface area (Å²) in [6, 6.07) is 6.62. The van der Waals surface area contributed by atoms with Crippen molar-refractivity contribution in [2.75, 3.05) is 18.9 Å². The number of anilines is 1. The number of fused-ring (bicyclic) bond motifs is 1. The van der Waals surface area contributed by atoms with Gasteiger partial charge >= 0.3 is 0 Å². The van der Waals surface area contributed by atoms with Crippen molar-refractivity contribution in [2.24, 2.45) is 5.73 Å². The number of nitrogens with one attached hydrogen (secondary N) is 1. The minimum absolute atomic E-state index is 0.0930. The molecule has 0 atom stereocenters. The second-order valence-electron chi connectivity index (χ2n) is 5.27. The van der Waals surface area contributed by atoms with E-state index in [1.54, 1.807) is 23.7 Å². The molecule has 0 aliphatic rings. The summed E-state index contributed by atoms with van der Waals surface area (Å²) in [4.78, 5) is 6.29. The zero-order chi connectivity index (χ0) is 17.3. The van der Waals surface area contributed by atoms with E-state index in [0.29, 0.717) is 18.8 Å². The van der Waals surface area contributed by atoms with Gasteiger partial charge in [-0.1, -0.05) is 23.4 Å². The lowest BCUT2D eigenvalue weighted by Crippen LogP contribution is -2.09. The second kappa shape index (κ2) is 6.96. The molecule has 8 heteroatoms. The molecule has 0 amide bonds. The number of rotatable bonds is 5. The fourth-order valence-electron chi connectivity index (χ4n) is 2.44. The molecule has 2 aromatic heterocycles. The van der Waals surface area contributed by atoms with Crippen LogP contribution >= 0.6 is 23.4 Å². The van der Waals surface area contributed by atoms with Crippen LogP contribution in [0.1, 0.15) is 11.4 Å². The molecule has 0 unspecified atom stereocenters. The molecule has 0 saturated heterocycles. The van der Waals surface area contributed by atoms with E-state index in [4.69, 9.17) is 17.3 Å². The van der Waals surface area contributed by atoms with Crippen LogP contribution in [0.5, 0.6) is 0 Å². The summed E-state index contributed by atoms with van der Waals surface area (Å²) in [6.45, 7) is 2.47. The molecule has 3 rings (SSSR count). The van der Waals surface area contributed by atoms with Crippen molar-refractivity contribution < 1.29 is 4.39 Å². The minimum Gasteiger partial charge on any atom is -0.371 e. The molecule has 3 N–H and O–H groups in total. The van der Waals surface area contributed by atoms with Gasteiger partial charge in [-0.05, 0) is 37.7 Å². The molecule has 0 bridgehead atoms. The summed E-state index contributed by atoms with van der Waals surface area (Å²) in [5.41, 5.74) is 8.34. The highest BCUT2D eigenvalue weighted by molar-refractivity contribution is 7.99. The normalized spacial score (nSPS) is 11.2. The number of halogens is 2. The molecule has 0 saturated carbocycles. The van der Waals surface area contributed by atoms with Crippen LogP contribution in [-0.2, 0) is 6.42 Å². The Morgan fingerprint density at radius 3 is 2.83 bits per heavy atom. The van der Waals surface area contributed by atoms with Crippen molar-refractivity contribution in [3.8, 4) is 0 Å². The maximum atomic E-state index is 13.4. The number of nitrogens with two attached hydrogens (primary N) is 1. The quantitative estimate of drug-likeness (QED) is 0.724. The smallest absolute Gasteiger partial charge is 0.171 e. The predicted octanol–water partition coefficient (Wildman–Crippen LogP) is 3.52. The maximum Gasteiger partial charge on any atom is 0.171 e. The van der Waals surface area contributed by atoms with Crippen molar-refractivity contribution in [1.82, 2.24) is 14.6 Å². The first-order valence-corrected chi connectivity index (χ1v) is 8.63. The zero-order valence-corrected chi connectivity index (χ0v) is 14.9. The summed E-state index contributed by atoms with van der Waals surface area (Å²) in [6.07, 6.45) is 0.706. The standard InChI is InChI=1S/C16H17ClFN5S/c1-9-7-10(5-6-19)23-16(21-9)14(15(20-2)22-23)24-11-3-4-13(18)12(17)8-11/h3-4,7-8H,5-6,19H2,1-2H3,(H,20,22). The first kappa shape index (κ1) is 17.0. The average molecular weight is 366 g/mol. The van der Waals surface area contributed by atoms with E-state index in [1.807, 2.05) is 13.0 Å². The van der Waals surface area contributed by atoms with Gasteiger partial charge in [-0.25, -0.2) is 13.9 Å². The van der Waals surface area contributed by atoms with Gasteiger partial charge in [0.15, 0.2) is 11.5 Å². The third-order valence-corrected chi connectivity index (χ3v) is 4.86. The fourth-order valence-corrected chi connectivity index (χ4v) is 3.69. The molecule has 0 aliphatic carbocycles. The number of benzene rings is 1. The first-order valence-electron chi connectivity index (χ1n) is 7.43. The fraction of sp³-hybridized carbons (Fsp3) is 0.250. The molecule has 126 valence electrons. The molecule has 2 heterocycles. The Hall–Kier alpha value is -1.83. The Balaban J connectivity index is 2.13. The molecule has 5 nitrogen and oxygen atoms in total. The van der Waals surface area contributed by atoms with E-state index in [-0.39, 0.29) is 5.02 Å². The van der Waals surface area contributed by atoms with E-state index in [1.165, 1.54) is 17.8 Å². The number of hydrogen-bond acceptors (Lipinski definition) is 5. The highest BCUT2D eigenvalue weighted by atomic mass is 35.5. The Morgan fingerprint density at radius 2 is 2.17 bits per heavy atom. The van der Waals surface area contributed by atoms with E-state index in [0.717, 1.165) is 26.8 Å². The summed E-state index contributed by atoms with van der Waals surface area (Å²) >= 11 is 7.33. The van der Waals surface area contributed by atoms with Gasteiger partial charge in [0.25, 0.3) is 0 Å². The number of aromatic nitrogens is 3. The molecule has 24 heavy (non-hydrogen) atoms. The third-order valence-electron chi connectivity index (χ3n) is 3.50. The Labute approximate surface area is 148 Å². The lowest BCUT2D eigenvalue weighted by Gasteiger charge is -2.06. The zero-order valence-electron chi connectivity index (χ0n) is 13.3. The van der Waals surface area contributed by atoms with Gasteiger partial charge in [0.05, 0.1) is 5.02 Å². The Morgan fingerprint density at radius 1 is 1.38 bits per heavy atom. The van der Waals surface area contributed by atoms with Crippen LogP contribution in [0, 0.1) is 12.7 Å². The van der Waals surface area contributed by atoms with E-state index in [2.05, 4.69) is 15.4 Å². The van der Waals surface area contributed by atoms with Gasteiger partial charge in [-0.3, -0.25) is 0 Å². The van der Waals surface area contributed by atoms with Crippen molar-refractivity contribution in [1.29, 1.82) is 0 Å². The predicted molar refractivity (Wildman–Crippen MR) is 95.6 cm³/mol. The van der Waals surface area contributed by atoms with Crippen LogP contribution in [0.4, 0.5) is 10.2 Å². The molecule has 0 aliphatic heterocycles. The molecular formula is C16H17ClFN5S. The monoisotopic (exact) mass is 365 g/mol. The summed E-state index contributed by atoms with van der Waals surface area (Å²) in [5, 5.41) is 7.77. The SMILES string of the molecule is CNc1nn2c(CCN)cc(C)nc2c1Sc1ccc(F)c(Cl)c1. The molecular weight excluding hydrogens is 349 g/mol. The number of hydrogen-bond donors (Lipinski definition) is 2. The molecule has 3 aromatic rings. The van der Waals surface area contributed by atoms with E-state index >= 15 is 0 Å². The third kappa shape index (κ3) is 3.19. The lowest BCUT2D eigenvalue weighted by molar-refractivity contribution is 0.627. The largest absolute Gasteiger partial charge is 0.371 e. The Bertz CT molecular complexity index is 896. The van der Waals surface area contributed by atoms with Gasteiger partial charge in [0.1, 0.15) is 10.7 Å². The average Bonchev–Trinajstić information content (AvgIpc) is 2.89. The Kier molecular flexibility index (Phi) is 4.93. The van der Waals surface area contributed by atoms with Crippen LogP contribution in [-0.4, -0.2) is 28.2 Å². The van der Waals surface area contributed by atoms with Gasteiger partial charge in [-0.15, -0.1) is 5.10 Å². The summed E-state index contributed by atoms with van der Waals surface area (Å²) in [5.74, 6) is 0.269. The van der Waals surface area contributed by atoms with Gasteiger partial charge in [-0.2, -0.15) is 0 Å². The van der Waals surface area contributed by atoms with E-state index in [9.17, 15) is 4.39 Å². The van der Waals surface area contributed by atoms with Gasteiger partial charge < -0.3 is 11.1 Å². The minimum atomic E-state index is -0.436. The highest BCUT2D eigenvalue weighted by Crippen LogP contribution is 2.37. The van der Waals surface area contributed by atoms with Crippen LogP contribution in [0.3, 0.4) is 0 Å². The highest BCUT2D eigenvalue weighted by Gasteiger charge is 2.17. The van der Waals surface area contributed by atoms with Crippen LogP contribution in [0.15, 0.2) is 34.1 Å². The summed E-state index contributed by atoms with van der Waals surface area (Å²) in [7, 11) is 1.80.